The van der Waals surface area contributed by atoms with E-state index in [0.29, 0.717) is 6.54 Å². The molecular formula is C12H18FNS. The summed E-state index contributed by atoms with van der Waals surface area (Å²) < 4.78 is 13.4. The molecule has 0 amide bonds. The number of hydrogen-bond acceptors (Lipinski definition) is 2. The molecule has 1 nitrogen and oxygen atoms in total. The zero-order valence-corrected chi connectivity index (χ0v) is 10.3. The van der Waals surface area contributed by atoms with Crippen molar-refractivity contribution in [2.75, 3.05) is 6.54 Å². The normalized spacial score (nSPS) is 11.8. The summed E-state index contributed by atoms with van der Waals surface area (Å²) >= 11 is 1.67. The fourth-order valence-electron chi connectivity index (χ4n) is 1.34. The monoisotopic (exact) mass is 227 g/mol. The number of hydrogen-bond donors (Lipinski definition) is 1. The molecule has 1 aromatic rings. The predicted molar refractivity (Wildman–Crippen MR) is 64.8 cm³/mol. The van der Waals surface area contributed by atoms with E-state index < -0.39 is 0 Å². The molecule has 0 atom stereocenters. The van der Waals surface area contributed by atoms with Crippen LogP contribution in [0.15, 0.2) is 23.1 Å². The summed E-state index contributed by atoms with van der Waals surface area (Å²) in [6.07, 6.45) is 0.732. The average Bonchev–Trinajstić information content (AvgIpc) is 1.99. The number of benzene rings is 1. The molecule has 15 heavy (non-hydrogen) atoms. The first kappa shape index (κ1) is 12.5. The fourth-order valence-corrected chi connectivity index (χ4v) is 2.43. The van der Waals surface area contributed by atoms with Crippen molar-refractivity contribution in [3.8, 4) is 0 Å². The zero-order chi connectivity index (χ0) is 11.5. The Morgan fingerprint density at radius 3 is 2.47 bits per heavy atom. The van der Waals surface area contributed by atoms with Gasteiger partial charge in [0.15, 0.2) is 0 Å². The topological polar surface area (TPSA) is 26.0 Å². The van der Waals surface area contributed by atoms with Gasteiger partial charge in [0.05, 0.1) is 0 Å². The van der Waals surface area contributed by atoms with Gasteiger partial charge in [0, 0.05) is 9.64 Å². The third kappa shape index (κ3) is 4.67. The molecule has 0 spiro atoms. The SMILES string of the molecule is CC(C)(C)Sc1cc(F)cc(CCN)c1. The van der Waals surface area contributed by atoms with E-state index in [1.807, 2.05) is 6.07 Å². The lowest BCUT2D eigenvalue weighted by Crippen LogP contribution is -2.07. The van der Waals surface area contributed by atoms with E-state index in [1.54, 1.807) is 23.9 Å². The Kier molecular flexibility index (Phi) is 4.17. The van der Waals surface area contributed by atoms with Crippen molar-refractivity contribution >= 4 is 11.8 Å². The van der Waals surface area contributed by atoms with E-state index in [0.717, 1.165) is 16.9 Å². The second-order valence-electron chi connectivity index (χ2n) is 4.55. The van der Waals surface area contributed by atoms with Gasteiger partial charge in [-0.2, -0.15) is 0 Å². The smallest absolute Gasteiger partial charge is 0.124 e. The van der Waals surface area contributed by atoms with Crippen molar-refractivity contribution in [2.45, 2.75) is 36.8 Å². The second kappa shape index (κ2) is 4.99. The Labute approximate surface area is 95.2 Å². The van der Waals surface area contributed by atoms with Gasteiger partial charge in [0.25, 0.3) is 0 Å². The van der Waals surface area contributed by atoms with Crippen LogP contribution in [0.4, 0.5) is 4.39 Å². The molecule has 0 bridgehead atoms. The third-order valence-corrected chi connectivity index (χ3v) is 2.87. The van der Waals surface area contributed by atoms with Gasteiger partial charge in [-0.3, -0.25) is 0 Å². The minimum absolute atomic E-state index is 0.105. The van der Waals surface area contributed by atoms with Crippen LogP contribution in [0, 0.1) is 5.82 Å². The summed E-state index contributed by atoms with van der Waals surface area (Å²) in [5, 5.41) is 0. The molecule has 0 heterocycles. The van der Waals surface area contributed by atoms with Crippen LogP contribution in [0.2, 0.25) is 0 Å². The Hall–Kier alpha value is -0.540. The molecule has 0 fully saturated rings. The maximum atomic E-state index is 13.3. The molecule has 2 N–H and O–H groups in total. The summed E-state index contributed by atoms with van der Waals surface area (Å²) in [5.41, 5.74) is 6.43. The van der Waals surface area contributed by atoms with Crippen LogP contribution in [-0.2, 0) is 6.42 Å². The van der Waals surface area contributed by atoms with E-state index in [4.69, 9.17) is 5.73 Å². The van der Waals surface area contributed by atoms with Crippen LogP contribution in [0.25, 0.3) is 0 Å². The Balaban J connectivity index is 2.88. The molecule has 0 radical (unpaired) electrons. The Morgan fingerprint density at radius 2 is 1.93 bits per heavy atom. The molecular weight excluding hydrogens is 209 g/mol. The van der Waals surface area contributed by atoms with E-state index in [2.05, 4.69) is 20.8 Å². The number of rotatable bonds is 3. The van der Waals surface area contributed by atoms with Crippen molar-refractivity contribution in [1.82, 2.24) is 0 Å². The summed E-state index contributed by atoms with van der Waals surface area (Å²) in [5.74, 6) is -0.173. The van der Waals surface area contributed by atoms with Crippen LogP contribution in [0.5, 0.6) is 0 Å². The molecule has 1 aromatic carbocycles. The lowest BCUT2D eigenvalue weighted by Gasteiger charge is -2.18. The van der Waals surface area contributed by atoms with E-state index in [1.165, 1.54) is 0 Å². The van der Waals surface area contributed by atoms with E-state index in [-0.39, 0.29) is 10.6 Å². The highest BCUT2D eigenvalue weighted by molar-refractivity contribution is 8.00. The number of halogens is 1. The Morgan fingerprint density at radius 1 is 1.27 bits per heavy atom. The van der Waals surface area contributed by atoms with Crippen molar-refractivity contribution in [2.24, 2.45) is 5.73 Å². The van der Waals surface area contributed by atoms with Gasteiger partial charge in [-0.15, -0.1) is 11.8 Å². The lowest BCUT2D eigenvalue weighted by atomic mass is 10.1. The molecule has 1 rings (SSSR count). The fraction of sp³-hybridized carbons (Fsp3) is 0.500. The summed E-state index contributed by atoms with van der Waals surface area (Å²) in [4.78, 5) is 0.978. The van der Waals surface area contributed by atoms with Gasteiger partial charge < -0.3 is 5.73 Å². The van der Waals surface area contributed by atoms with Crippen molar-refractivity contribution in [1.29, 1.82) is 0 Å². The van der Waals surface area contributed by atoms with Gasteiger partial charge in [0.1, 0.15) is 5.82 Å². The third-order valence-electron chi connectivity index (χ3n) is 1.79. The second-order valence-corrected chi connectivity index (χ2v) is 6.45. The van der Waals surface area contributed by atoms with Gasteiger partial charge in [-0.05, 0) is 36.7 Å². The van der Waals surface area contributed by atoms with Crippen LogP contribution < -0.4 is 5.73 Å². The minimum atomic E-state index is -0.173. The average molecular weight is 227 g/mol. The highest BCUT2D eigenvalue weighted by Crippen LogP contribution is 2.32. The highest BCUT2D eigenvalue weighted by atomic mass is 32.2. The predicted octanol–water partition coefficient (Wildman–Crippen LogP) is 3.22. The molecule has 0 aliphatic rings. The maximum Gasteiger partial charge on any atom is 0.124 e. The minimum Gasteiger partial charge on any atom is -0.330 e. The van der Waals surface area contributed by atoms with E-state index in [9.17, 15) is 4.39 Å². The van der Waals surface area contributed by atoms with Gasteiger partial charge in [-0.25, -0.2) is 4.39 Å². The molecule has 0 aliphatic heterocycles. The van der Waals surface area contributed by atoms with Crippen molar-refractivity contribution in [3.63, 3.8) is 0 Å². The Bertz CT molecular complexity index is 331. The molecule has 0 aromatic heterocycles. The maximum absolute atomic E-state index is 13.3. The molecule has 84 valence electrons. The first-order chi connectivity index (χ1) is 6.90. The number of thioether (sulfide) groups is 1. The van der Waals surface area contributed by atoms with Crippen LogP contribution in [0.3, 0.4) is 0 Å². The van der Waals surface area contributed by atoms with Crippen LogP contribution >= 0.6 is 11.8 Å². The molecule has 0 saturated carbocycles. The highest BCUT2D eigenvalue weighted by Gasteiger charge is 2.13. The zero-order valence-electron chi connectivity index (χ0n) is 9.51. The van der Waals surface area contributed by atoms with Gasteiger partial charge in [0.2, 0.25) is 0 Å². The van der Waals surface area contributed by atoms with E-state index >= 15 is 0 Å². The number of nitrogens with two attached hydrogens (primary N) is 1. The van der Waals surface area contributed by atoms with Crippen molar-refractivity contribution < 1.29 is 4.39 Å². The van der Waals surface area contributed by atoms with Crippen LogP contribution in [-0.4, -0.2) is 11.3 Å². The van der Waals surface area contributed by atoms with Gasteiger partial charge in [-0.1, -0.05) is 20.8 Å². The van der Waals surface area contributed by atoms with Crippen LogP contribution in [0.1, 0.15) is 26.3 Å². The van der Waals surface area contributed by atoms with Crippen molar-refractivity contribution in [3.05, 3.63) is 29.6 Å². The lowest BCUT2D eigenvalue weighted by molar-refractivity contribution is 0.621. The summed E-state index contributed by atoms with van der Waals surface area (Å²) in [7, 11) is 0. The molecule has 0 unspecified atom stereocenters. The first-order valence-electron chi connectivity index (χ1n) is 5.09. The molecule has 0 saturated heterocycles. The molecule has 3 heteroatoms. The van der Waals surface area contributed by atoms with Gasteiger partial charge >= 0.3 is 0 Å². The quantitative estimate of drug-likeness (QED) is 0.802. The molecule has 0 aliphatic carbocycles. The standard InChI is InChI=1S/C12H18FNS/c1-12(2,3)15-11-7-9(4-5-14)6-10(13)8-11/h6-8H,4-5,14H2,1-3H3. The summed E-state index contributed by atoms with van der Waals surface area (Å²) in [6.45, 7) is 6.91. The first-order valence-corrected chi connectivity index (χ1v) is 5.91. The largest absolute Gasteiger partial charge is 0.330 e. The summed E-state index contributed by atoms with van der Waals surface area (Å²) in [6, 6.07) is 5.15.